The zero-order valence-corrected chi connectivity index (χ0v) is 35.4. The van der Waals surface area contributed by atoms with E-state index in [-0.39, 0.29) is 76.6 Å². The maximum absolute atomic E-state index is 12.5. The SMILES string of the molecule is CC(C)(CCCCc1ccc(OCc2ccc(SNc3ccc(C(=O)NCCOCCOCC(=O)NCCOCCOCC(=O)O)cn3)cc2)cc1)CC(C)(C)C(=O)O. The lowest BCUT2D eigenvalue weighted by atomic mass is 9.72. The number of aryl methyl sites for hydroxylation is 1. The normalized spacial score (nSPS) is 11.5. The minimum atomic E-state index is -1.04. The van der Waals surface area contributed by atoms with Crippen LogP contribution in [0, 0.1) is 10.8 Å². The van der Waals surface area contributed by atoms with Crippen LogP contribution < -0.4 is 20.1 Å². The molecular formula is C43H60N4O11S. The minimum absolute atomic E-state index is 0.0193. The highest BCUT2D eigenvalue weighted by atomic mass is 32.2. The van der Waals surface area contributed by atoms with Crippen LogP contribution in [0.3, 0.4) is 0 Å². The van der Waals surface area contributed by atoms with Crippen LogP contribution in [0.2, 0.25) is 0 Å². The van der Waals surface area contributed by atoms with E-state index in [1.165, 1.54) is 23.7 Å². The number of nitrogens with zero attached hydrogens (tertiary/aromatic N) is 1. The lowest BCUT2D eigenvalue weighted by Gasteiger charge is -2.32. The number of carbonyl (C=O) groups excluding carboxylic acids is 2. The van der Waals surface area contributed by atoms with Gasteiger partial charge in [-0.2, -0.15) is 0 Å². The van der Waals surface area contributed by atoms with Gasteiger partial charge in [-0.15, -0.1) is 0 Å². The van der Waals surface area contributed by atoms with Crippen molar-refractivity contribution in [3.05, 3.63) is 83.6 Å². The monoisotopic (exact) mass is 840 g/mol. The highest BCUT2D eigenvalue weighted by molar-refractivity contribution is 8.00. The lowest BCUT2D eigenvalue weighted by Crippen LogP contribution is -2.31. The van der Waals surface area contributed by atoms with Gasteiger partial charge in [-0.3, -0.25) is 14.4 Å². The summed E-state index contributed by atoms with van der Waals surface area (Å²) >= 11 is 1.41. The Kier molecular flexibility index (Phi) is 21.7. The Bertz CT molecular complexity index is 1710. The Morgan fingerprint density at radius 3 is 1.97 bits per heavy atom. The first kappa shape index (κ1) is 48.6. The highest BCUT2D eigenvalue weighted by Gasteiger charge is 2.34. The average Bonchev–Trinajstić information content (AvgIpc) is 3.20. The van der Waals surface area contributed by atoms with Gasteiger partial charge in [0.2, 0.25) is 5.91 Å². The van der Waals surface area contributed by atoms with Crippen molar-refractivity contribution in [2.75, 3.05) is 70.7 Å². The van der Waals surface area contributed by atoms with Crippen LogP contribution in [0.15, 0.2) is 71.8 Å². The van der Waals surface area contributed by atoms with Crippen molar-refractivity contribution in [2.24, 2.45) is 10.8 Å². The third-order valence-electron chi connectivity index (χ3n) is 8.92. The second-order valence-electron chi connectivity index (χ2n) is 15.3. The molecule has 2 amide bonds. The Balaban J connectivity index is 1.21. The maximum atomic E-state index is 12.5. The summed E-state index contributed by atoms with van der Waals surface area (Å²) in [6, 6.07) is 19.7. The Hall–Kier alpha value is -4.74. The van der Waals surface area contributed by atoms with Gasteiger partial charge in [-0.1, -0.05) is 44.5 Å². The van der Waals surface area contributed by atoms with E-state index >= 15 is 0 Å². The topological polar surface area (TPSA) is 204 Å². The Morgan fingerprint density at radius 2 is 1.34 bits per heavy atom. The summed E-state index contributed by atoms with van der Waals surface area (Å²) in [5.41, 5.74) is 1.98. The molecule has 0 fully saturated rings. The van der Waals surface area contributed by atoms with Gasteiger partial charge >= 0.3 is 11.9 Å². The predicted molar refractivity (Wildman–Crippen MR) is 225 cm³/mol. The molecule has 3 aromatic rings. The van der Waals surface area contributed by atoms with Crippen molar-refractivity contribution >= 4 is 41.5 Å². The number of aromatic nitrogens is 1. The van der Waals surface area contributed by atoms with Gasteiger partial charge in [0.1, 0.15) is 31.4 Å². The fourth-order valence-corrected chi connectivity index (χ4v) is 6.60. The second kappa shape index (κ2) is 26.4. The molecule has 0 aliphatic heterocycles. The molecule has 0 saturated carbocycles. The van der Waals surface area contributed by atoms with E-state index in [0.717, 1.165) is 41.9 Å². The van der Waals surface area contributed by atoms with Gasteiger partial charge in [0.25, 0.3) is 5.91 Å². The number of carboxylic acids is 2. The van der Waals surface area contributed by atoms with Crippen molar-refractivity contribution < 1.29 is 53.1 Å². The summed E-state index contributed by atoms with van der Waals surface area (Å²) in [4.78, 5) is 51.5. The van der Waals surface area contributed by atoms with Gasteiger partial charge in [0.15, 0.2) is 0 Å². The van der Waals surface area contributed by atoms with E-state index in [1.807, 2.05) is 36.4 Å². The van der Waals surface area contributed by atoms with Gasteiger partial charge in [-0.05, 0) is 104 Å². The molecular weight excluding hydrogens is 781 g/mol. The molecule has 0 saturated heterocycles. The molecule has 2 aromatic carbocycles. The van der Waals surface area contributed by atoms with Gasteiger partial charge in [0.05, 0.1) is 50.6 Å². The van der Waals surface area contributed by atoms with E-state index in [9.17, 15) is 24.3 Å². The molecule has 0 aliphatic rings. The third-order valence-corrected chi connectivity index (χ3v) is 9.74. The molecule has 15 nitrogen and oxygen atoms in total. The summed E-state index contributed by atoms with van der Waals surface area (Å²) in [7, 11) is 0. The van der Waals surface area contributed by atoms with Gasteiger partial charge < -0.3 is 49.3 Å². The summed E-state index contributed by atoms with van der Waals surface area (Å²) in [5, 5.41) is 23.4. The minimum Gasteiger partial charge on any atom is -0.489 e. The standard InChI is InChI=1S/C43H60N4O11S/c1-42(2,31-43(3,4)41(52)53)18-6-5-7-32-8-13-35(14-9-32)58-28-33-10-15-36(16-11-33)59-47-37-17-12-34(27-46-37)40(51)45-20-22-55-23-25-56-29-38(48)44-19-21-54-24-26-57-30-39(49)50/h8-17,27H,5-7,18-26,28-31H2,1-4H3,(H,44,48)(H,45,51)(H,46,47)(H,49,50)(H,52,53). The lowest BCUT2D eigenvalue weighted by molar-refractivity contribution is -0.148. The molecule has 1 heterocycles. The number of amides is 2. The Morgan fingerprint density at radius 1 is 0.712 bits per heavy atom. The van der Waals surface area contributed by atoms with Crippen molar-refractivity contribution in [3.63, 3.8) is 0 Å². The molecule has 3 rings (SSSR count). The van der Waals surface area contributed by atoms with Crippen LogP contribution in [-0.4, -0.2) is 105 Å². The van der Waals surface area contributed by atoms with Crippen molar-refractivity contribution in [3.8, 4) is 5.75 Å². The molecule has 5 N–H and O–H groups in total. The molecule has 0 radical (unpaired) electrons. The zero-order valence-electron chi connectivity index (χ0n) is 34.6. The van der Waals surface area contributed by atoms with E-state index in [0.29, 0.717) is 31.0 Å². The fourth-order valence-electron chi connectivity index (χ4n) is 5.98. The highest BCUT2D eigenvalue weighted by Crippen LogP contribution is 2.37. The number of nitrogens with one attached hydrogen (secondary N) is 3. The maximum Gasteiger partial charge on any atom is 0.329 e. The molecule has 0 aliphatic carbocycles. The quantitative estimate of drug-likeness (QED) is 0.0372. The van der Waals surface area contributed by atoms with Crippen LogP contribution in [-0.2, 0) is 46.4 Å². The predicted octanol–water partition coefficient (Wildman–Crippen LogP) is 6.02. The molecule has 0 bridgehead atoms. The van der Waals surface area contributed by atoms with E-state index < -0.39 is 17.4 Å². The Labute approximate surface area is 351 Å². The first-order valence-corrected chi connectivity index (χ1v) is 20.5. The number of carbonyl (C=O) groups is 4. The zero-order chi connectivity index (χ0) is 42.9. The number of hydrogen-bond donors (Lipinski definition) is 5. The average molecular weight is 841 g/mol. The van der Waals surface area contributed by atoms with Crippen LogP contribution in [0.1, 0.15) is 74.9 Å². The summed E-state index contributed by atoms with van der Waals surface area (Å²) in [6.45, 7) is 9.85. The molecule has 0 unspecified atom stereocenters. The van der Waals surface area contributed by atoms with Crippen LogP contribution in [0.25, 0.3) is 0 Å². The van der Waals surface area contributed by atoms with Crippen molar-refractivity contribution in [2.45, 2.75) is 71.3 Å². The summed E-state index contributed by atoms with van der Waals surface area (Å²) < 4.78 is 30.0. The number of pyridine rings is 1. The number of hydrogen-bond acceptors (Lipinski definition) is 12. The number of carboxylic acid groups (broad SMARTS) is 2. The van der Waals surface area contributed by atoms with Gasteiger partial charge in [-0.25, -0.2) is 9.78 Å². The van der Waals surface area contributed by atoms with Crippen LogP contribution in [0.5, 0.6) is 5.75 Å². The fraction of sp³-hybridized carbons (Fsp3) is 0.512. The molecule has 324 valence electrons. The van der Waals surface area contributed by atoms with Crippen molar-refractivity contribution in [1.29, 1.82) is 0 Å². The summed E-state index contributed by atoms with van der Waals surface area (Å²) in [6.07, 6.45) is 6.23. The van der Waals surface area contributed by atoms with Crippen LogP contribution >= 0.6 is 11.9 Å². The second-order valence-corrected chi connectivity index (χ2v) is 16.2. The molecule has 0 atom stereocenters. The first-order valence-electron chi connectivity index (χ1n) is 19.7. The number of unbranched alkanes of at least 4 members (excludes halogenated alkanes) is 1. The van der Waals surface area contributed by atoms with Crippen molar-refractivity contribution in [1.82, 2.24) is 15.6 Å². The van der Waals surface area contributed by atoms with E-state index in [4.69, 9.17) is 28.8 Å². The number of anilines is 1. The van der Waals surface area contributed by atoms with E-state index in [1.54, 1.807) is 26.0 Å². The van der Waals surface area contributed by atoms with Crippen LogP contribution in [0.4, 0.5) is 5.82 Å². The smallest absolute Gasteiger partial charge is 0.329 e. The van der Waals surface area contributed by atoms with Gasteiger partial charge in [0, 0.05) is 24.2 Å². The molecule has 0 spiro atoms. The number of benzene rings is 2. The summed E-state index contributed by atoms with van der Waals surface area (Å²) in [5.74, 6) is -0.937. The molecule has 59 heavy (non-hydrogen) atoms. The number of rotatable bonds is 31. The first-order chi connectivity index (χ1) is 28.2. The largest absolute Gasteiger partial charge is 0.489 e. The third kappa shape index (κ3) is 21.2. The number of aliphatic carboxylic acids is 2. The van der Waals surface area contributed by atoms with E-state index in [2.05, 4.69) is 46.3 Å². The molecule has 16 heteroatoms. The molecule has 1 aromatic heterocycles. The number of ether oxygens (including phenoxy) is 5.